The number of nitrogens with zero attached hydrogens (tertiary/aromatic N) is 4. The molecule has 0 bridgehead atoms. The fourth-order valence-corrected chi connectivity index (χ4v) is 2.37. The largest absolute Gasteiger partial charge is 0.335 e. The Labute approximate surface area is 106 Å². The number of rotatable bonds is 5. The van der Waals surface area contributed by atoms with Crippen LogP contribution in [0.15, 0.2) is 36.0 Å². The highest BCUT2D eigenvalue weighted by Gasteiger charge is 2.06. The molecule has 0 aliphatic heterocycles. The van der Waals surface area contributed by atoms with Gasteiger partial charge in [0, 0.05) is 37.1 Å². The van der Waals surface area contributed by atoms with E-state index in [0.29, 0.717) is 5.92 Å². The van der Waals surface area contributed by atoms with Crippen LogP contribution in [0.1, 0.15) is 12.7 Å². The summed E-state index contributed by atoms with van der Waals surface area (Å²) in [5.41, 5.74) is 0. The van der Waals surface area contributed by atoms with Crippen LogP contribution < -0.4 is 0 Å². The molecule has 1 atom stereocenters. The van der Waals surface area contributed by atoms with Gasteiger partial charge in [0.1, 0.15) is 5.82 Å². The van der Waals surface area contributed by atoms with Gasteiger partial charge in [0.2, 0.25) is 0 Å². The van der Waals surface area contributed by atoms with E-state index < -0.39 is 0 Å². The number of hydrogen-bond acceptors (Lipinski definition) is 4. The molecule has 2 aromatic heterocycles. The molecule has 4 nitrogen and oxygen atoms in total. The number of aromatic nitrogens is 4. The van der Waals surface area contributed by atoms with Crippen LogP contribution in [0.4, 0.5) is 0 Å². The first kappa shape index (κ1) is 12.1. The summed E-state index contributed by atoms with van der Waals surface area (Å²) >= 11 is 1.70. The molecule has 0 aliphatic carbocycles. The molecule has 2 aromatic rings. The molecule has 0 amide bonds. The van der Waals surface area contributed by atoms with Gasteiger partial charge in [0.05, 0.1) is 0 Å². The molecule has 90 valence electrons. The minimum absolute atomic E-state index is 0.566. The summed E-state index contributed by atoms with van der Waals surface area (Å²) in [4.78, 5) is 12.6. The third kappa shape index (κ3) is 3.56. The van der Waals surface area contributed by atoms with E-state index in [0.717, 1.165) is 23.3 Å². The molecular weight excluding hydrogens is 232 g/mol. The summed E-state index contributed by atoms with van der Waals surface area (Å²) in [7, 11) is 0. The van der Waals surface area contributed by atoms with Crippen LogP contribution in [0.25, 0.3) is 0 Å². The lowest BCUT2D eigenvalue weighted by molar-refractivity contribution is 0.520. The van der Waals surface area contributed by atoms with E-state index in [1.165, 1.54) is 0 Å². The van der Waals surface area contributed by atoms with E-state index in [1.807, 2.05) is 25.4 Å². The zero-order chi connectivity index (χ0) is 12.1. The van der Waals surface area contributed by atoms with E-state index in [2.05, 4.69) is 26.4 Å². The topological polar surface area (TPSA) is 43.6 Å². The summed E-state index contributed by atoms with van der Waals surface area (Å²) in [6.45, 7) is 5.25. The molecule has 0 fully saturated rings. The minimum Gasteiger partial charge on any atom is -0.335 e. The molecule has 0 spiro atoms. The van der Waals surface area contributed by atoms with Gasteiger partial charge in [-0.05, 0) is 18.9 Å². The van der Waals surface area contributed by atoms with Crippen LogP contribution in [0, 0.1) is 12.8 Å². The highest BCUT2D eigenvalue weighted by atomic mass is 32.2. The van der Waals surface area contributed by atoms with Gasteiger partial charge in [-0.15, -0.1) is 0 Å². The van der Waals surface area contributed by atoms with Crippen molar-refractivity contribution < 1.29 is 0 Å². The van der Waals surface area contributed by atoms with E-state index in [9.17, 15) is 0 Å². The molecule has 0 saturated carbocycles. The lowest BCUT2D eigenvalue weighted by Crippen LogP contribution is -2.10. The summed E-state index contributed by atoms with van der Waals surface area (Å²) in [6.07, 6.45) is 7.42. The monoisotopic (exact) mass is 248 g/mol. The third-order valence-corrected chi connectivity index (χ3v) is 3.68. The average molecular weight is 248 g/mol. The van der Waals surface area contributed by atoms with Crippen LogP contribution in [0.3, 0.4) is 0 Å². The predicted molar refractivity (Wildman–Crippen MR) is 68.9 cm³/mol. The molecule has 5 heteroatoms. The summed E-state index contributed by atoms with van der Waals surface area (Å²) < 4.78 is 2.18. The van der Waals surface area contributed by atoms with E-state index in [-0.39, 0.29) is 0 Å². The maximum atomic E-state index is 4.22. The Balaban J connectivity index is 1.82. The zero-order valence-corrected chi connectivity index (χ0v) is 10.9. The standard InChI is InChI=1S/C12H16N4S/c1-10(8-16-7-6-13-11(16)2)9-17-12-14-4-3-5-15-12/h3-7,10H,8-9H2,1-2H3/t10-/m0/s1. The van der Waals surface area contributed by atoms with Gasteiger partial charge in [0.15, 0.2) is 5.16 Å². The summed E-state index contributed by atoms with van der Waals surface area (Å²) in [6, 6.07) is 1.84. The average Bonchev–Trinajstić information content (AvgIpc) is 2.74. The molecule has 2 heterocycles. The highest BCUT2D eigenvalue weighted by Crippen LogP contribution is 2.17. The Morgan fingerprint density at radius 3 is 2.65 bits per heavy atom. The van der Waals surface area contributed by atoms with Crippen molar-refractivity contribution in [3.8, 4) is 0 Å². The van der Waals surface area contributed by atoms with Crippen molar-refractivity contribution in [3.63, 3.8) is 0 Å². The Kier molecular flexibility index (Phi) is 4.14. The fourth-order valence-electron chi connectivity index (χ4n) is 1.56. The molecule has 0 aliphatic rings. The number of hydrogen-bond donors (Lipinski definition) is 0. The molecule has 0 aromatic carbocycles. The van der Waals surface area contributed by atoms with Crippen molar-refractivity contribution in [2.75, 3.05) is 5.75 Å². The van der Waals surface area contributed by atoms with Crippen molar-refractivity contribution >= 4 is 11.8 Å². The SMILES string of the molecule is Cc1nccn1C[C@H](C)CSc1ncccn1. The van der Waals surface area contributed by atoms with Gasteiger partial charge < -0.3 is 4.57 Å². The third-order valence-electron chi connectivity index (χ3n) is 2.47. The molecule has 2 rings (SSSR count). The van der Waals surface area contributed by atoms with Gasteiger partial charge in [-0.25, -0.2) is 15.0 Å². The first-order valence-electron chi connectivity index (χ1n) is 5.63. The van der Waals surface area contributed by atoms with Gasteiger partial charge >= 0.3 is 0 Å². The quantitative estimate of drug-likeness (QED) is 0.602. The van der Waals surface area contributed by atoms with E-state index >= 15 is 0 Å². The van der Waals surface area contributed by atoms with Crippen molar-refractivity contribution in [2.45, 2.75) is 25.5 Å². The van der Waals surface area contributed by atoms with Crippen LogP contribution in [0.5, 0.6) is 0 Å². The first-order valence-corrected chi connectivity index (χ1v) is 6.62. The summed E-state index contributed by atoms with van der Waals surface area (Å²) in [5.74, 6) is 2.65. The van der Waals surface area contributed by atoms with Gasteiger partial charge in [0.25, 0.3) is 0 Å². The second-order valence-corrected chi connectivity index (χ2v) is 5.06. The number of thioether (sulfide) groups is 1. The van der Waals surface area contributed by atoms with Crippen molar-refractivity contribution in [3.05, 3.63) is 36.7 Å². The van der Waals surface area contributed by atoms with Crippen molar-refractivity contribution in [2.24, 2.45) is 5.92 Å². The van der Waals surface area contributed by atoms with Gasteiger partial charge in [-0.2, -0.15) is 0 Å². The first-order chi connectivity index (χ1) is 8.25. The van der Waals surface area contributed by atoms with Crippen LogP contribution >= 0.6 is 11.8 Å². The molecular formula is C12H16N4S. The smallest absolute Gasteiger partial charge is 0.187 e. The van der Waals surface area contributed by atoms with Crippen molar-refractivity contribution in [1.29, 1.82) is 0 Å². The Morgan fingerprint density at radius 2 is 2.00 bits per heavy atom. The molecule has 0 N–H and O–H groups in total. The summed E-state index contributed by atoms with van der Waals surface area (Å²) in [5, 5.41) is 0.849. The van der Waals surface area contributed by atoms with Crippen molar-refractivity contribution in [1.82, 2.24) is 19.5 Å². The van der Waals surface area contributed by atoms with Crippen LogP contribution in [0.2, 0.25) is 0 Å². The number of aryl methyl sites for hydroxylation is 1. The second kappa shape index (κ2) is 5.82. The normalized spacial score (nSPS) is 12.6. The fraction of sp³-hybridized carbons (Fsp3) is 0.417. The Bertz CT molecular complexity index is 455. The van der Waals surface area contributed by atoms with Crippen LogP contribution in [-0.4, -0.2) is 25.3 Å². The lowest BCUT2D eigenvalue weighted by atomic mass is 10.2. The van der Waals surface area contributed by atoms with Gasteiger partial charge in [-0.1, -0.05) is 18.7 Å². The maximum absolute atomic E-state index is 4.22. The van der Waals surface area contributed by atoms with E-state index in [1.54, 1.807) is 24.2 Å². The highest BCUT2D eigenvalue weighted by molar-refractivity contribution is 7.99. The molecule has 17 heavy (non-hydrogen) atoms. The molecule has 0 unspecified atom stereocenters. The van der Waals surface area contributed by atoms with E-state index in [4.69, 9.17) is 0 Å². The number of imidazole rings is 1. The lowest BCUT2D eigenvalue weighted by Gasteiger charge is -2.12. The predicted octanol–water partition coefficient (Wildman–Crippen LogP) is 2.41. The minimum atomic E-state index is 0.566. The Morgan fingerprint density at radius 1 is 1.24 bits per heavy atom. The molecule has 0 radical (unpaired) electrons. The maximum Gasteiger partial charge on any atom is 0.187 e. The van der Waals surface area contributed by atoms with Gasteiger partial charge in [-0.3, -0.25) is 0 Å². The second-order valence-electron chi connectivity index (χ2n) is 4.07. The van der Waals surface area contributed by atoms with Crippen LogP contribution in [-0.2, 0) is 6.54 Å². The zero-order valence-electron chi connectivity index (χ0n) is 10.1. The Hall–Kier alpha value is -1.36. The molecule has 0 saturated heterocycles.